The van der Waals surface area contributed by atoms with Gasteiger partial charge in [0, 0.05) is 39.3 Å². The van der Waals surface area contributed by atoms with Gasteiger partial charge in [0.25, 0.3) is 10.2 Å². The number of hydrogen-bond donors (Lipinski definition) is 2. The van der Waals surface area contributed by atoms with Crippen molar-refractivity contribution < 1.29 is 8.42 Å². The SMILES string of the molecule is CN(C)S(=O)(=O)N1CCC(Nc2ncc3[nH]c(=O)c(=O)n(C4CCCC4)c3n2)CC1. The molecule has 2 N–H and O–H groups in total. The smallest absolute Gasteiger partial charge is 0.318 e. The number of nitrogens with one attached hydrogen (secondary N) is 2. The van der Waals surface area contributed by atoms with Gasteiger partial charge in [0.1, 0.15) is 5.52 Å². The maximum absolute atomic E-state index is 12.5. The minimum absolute atomic E-state index is 0.0190. The van der Waals surface area contributed by atoms with Crippen LogP contribution in [0.3, 0.4) is 0 Å². The Morgan fingerprint density at radius 2 is 1.80 bits per heavy atom. The van der Waals surface area contributed by atoms with Crippen LogP contribution in [0.25, 0.3) is 11.2 Å². The van der Waals surface area contributed by atoms with Gasteiger partial charge in [-0.25, -0.2) is 4.98 Å². The Hall–Kier alpha value is -2.31. The number of rotatable bonds is 5. The maximum atomic E-state index is 12.5. The molecule has 2 aromatic rings. The molecule has 1 saturated heterocycles. The van der Waals surface area contributed by atoms with Crippen LogP contribution in [0.15, 0.2) is 15.8 Å². The Labute approximate surface area is 174 Å². The quantitative estimate of drug-likeness (QED) is 0.642. The molecule has 0 aromatic carbocycles. The minimum Gasteiger partial charge on any atom is -0.351 e. The summed E-state index contributed by atoms with van der Waals surface area (Å²) in [6.45, 7) is 0.817. The number of fused-ring (bicyclic) bond motifs is 1. The third-order valence-electron chi connectivity index (χ3n) is 5.92. The van der Waals surface area contributed by atoms with Crippen molar-refractivity contribution in [2.75, 3.05) is 32.5 Å². The molecule has 30 heavy (non-hydrogen) atoms. The Kier molecular flexibility index (Phi) is 5.64. The molecule has 0 spiro atoms. The lowest BCUT2D eigenvalue weighted by molar-refractivity contribution is 0.310. The molecule has 4 rings (SSSR count). The fourth-order valence-electron chi connectivity index (χ4n) is 4.24. The highest BCUT2D eigenvalue weighted by molar-refractivity contribution is 7.86. The summed E-state index contributed by atoms with van der Waals surface area (Å²) in [5, 5.41) is 3.26. The Morgan fingerprint density at radius 3 is 2.43 bits per heavy atom. The first kappa shape index (κ1) is 20.9. The van der Waals surface area contributed by atoms with Gasteiger partial charge in [0.15, 0.2) is 5.65 Å². The summed E-state index contributed by atoms with van der Waals surface area (Å²) < 4.78 is 28.7. The number of piperidine rings is 1. The summed E-state index contributed by atoms with van der Waals surface area (Å²) in [6.07, 6.45) is 6.51. The molecular formula is C18H27N7O4S. The van der Waals surface area contributed by atoms with Crippen molar-refractivity contribution in [1.82, 2.24) is 28.1 Å². The minimum atomic E-state index is -3.41. The lowest BCUT2D eigenvalue weighted by Crippen LogP contribution is -2.46. The molecule has 2 fully saturated rings. The molecule has 2 aromatic heterocycles. The average Bonchev–Trinajstić information content (AvgIpc) is 3.24. The van der Waals surface area contributed by atoms with Crippen LogP contribution in [0, 0.1) is 0 Å². The zero-order chi connectivity index (χ0) is 21.5. The van der Waals surface area contributed by atoms with Crippen LogP contribution in [0.5, 0.6) is 0 Å². The van der Waals surface area contributed by atoms with Gasteiger partial charge in [-0.05, 0) is 25.7 Å². The van der Waals surface area contributed by atoms with E-state index in [4.69, 9.17) is 0 Å². The molecule has 0 atom stereocenters. The molecule has 12 heteroatoms. The molecule has 0 radical (unpaired) electrons. The van der Waals surface area contributed by atoms with Crippen LogP contribution in [0.4, 0.5) is 5.95 Å². The monoisotopic (exact) mass is 437 g/mol. The van der Waals surface area contributed by atoms with Crippen LogP contribution in [-0.2, 0) is 10.2 Å². The zero-order valence-electron chi connectivity index (χ0n) is 17.2. The van der Waals surface area contributed by atoms with Gasteiger partial charge in [-0.3, -0.25) is 14.2 Å². The lowest BCUT2D eigenvalue weighted by atomic mass is 10.1. The van der Waals surface area contributed by atoms with E-state index in [9.17, 15) is 18.0 Å². The number of hydrogen-bond acceptors (Lipinski definition) is 7. The van der Waals surface area contributed by atoms with E-state index in [0.717, 1.165) is 25.7 Å². The Morgan fingerprint density at radius 1 is 1.13 bits per heavy atom. The summed E-state index contributed by atoms with van der Waals surface area (Å²) >= 11 is 0. The van der Waals surface area contributed by atoms with E-state index in [1.165, 1.54) is 33.5 Å². The van der Waals surface area contributed by atoms with E-state index in [1.807, 2.05) is 0 Å². The van der Waals surface area contributed by atoms with E-state index in [1.54, 1.807) is 0 Å². The Bertz CT molecular complexity index is 1140. The lowest BCUT2D eigenvalue weighted by Gasteiger charge is -2.33. The highest BCUT2D eigenvalue weighted by Gasteiger charge is 2.30. The zero-order valence-corrected chi connectivity index (χ0v) is 18.0. The van der Waals surface area contributed by atoms with Gasteiger partial charge in [0.05, 0.1) is 6.20 Å². The highest BCUT2D eigenvalue weighted by Crippen LogP contribution is 2.29. The van der Waals surface area contributed by atoms with Crippen molar-refractivity contribution in [3.05, 3.63) is 26.9 Å². The second-order valence-electron chi connectivity index (χ2n) is 8.11. The summed E-state index contributed by atoms with van der Waals surface area (Å²) in [6, 6.07) is -0.00463. The number of nitrogens with zero attached hydrogens (tertiary/aromatic N) is 5. The van der Waals surface area contributed by atoms with Crippen LogP contribution in [0.1, 0.15) is 44.6 Å². The summed E-state index contributed by atoms with van der Waals surface area (Å²) in [4.78, 5) is 36.0. The van der Waals surface area contributed by atoms with Crippen molar-refractivity contribution in [1.29, 1.82) is 0 Å². The molecule has 3 heterocycles. The van der Waals surface area contributed by atoms with Crippen LogP contribution in [0.2, 0.25) is 0 Å². The predicted octanol–water partition coefficient (Wildman–Crippen LogP) is 0.278. The number of anilines is 1. The topological polar surface area (TPSA) is 133 Å². The average molecular weight is 438 g/mol. The van der Waals surface area contributed by atoms with Crippen molar-refractivity contribution >= 4 is 27.3 Å². The largest absolute Gasteiger partial charge is 0.351 e. The number of aromatic amines is 1. The molecule has 0 amide bonds. The van der Waals surface area contributed by atoms with E-state index in [0.29, 0.717) is 43.0 Å². The highest BCUT2D eigenvalue weighted by atomic mass is 32.2. The molecular weight excluding hydrogens is 410 g/mol. The van der Waals surface area contributed by atoms with Crippen molar-refractivity contribution in [2.24, 2.45) is 0 Å². The normalized spacial score (nSPS) is 19.7. The van der Waals surface area contributed by atoms with Gasteiger partial charge in [0.2, 0.25) is 5.95 Å². The summed E-state index contributed by atoms with van der Waals surface area (Å²) in [5.41, 5.74) is -0.380. The van der Waals surface area contributed by atoms with E-state index < -0.39 is 21.3 Å². The van der Waals surface area contributed by atoms with Gasteiger partial charge in [-0.1, -0.05) is 12.8 Å². The molecule has 2 aliphatic rings. The molecule has 1 aliphatic heterocycles. The van der Waals surface area contributed by atoms with E-state index in [-0.39, 0.29) is 12.1 Å². The van der Waals surface area contributed by atoms with Crippen LogP contribution < -0.4 is 16.4 Å². The van der Waals surface area contributed by atoms with Gasteiger partial charge in [-0.2, -0.15) is 22.0 Å². The first-order valence-electron chi connectivity index (χ1n) is 10.2. The molecule has 11 nitrogen and oxygen atoms in total. The van der Waals surface area contributed by atoms with Crippen LogP contribution >= 0.6 is 0 Å². The molecule has 0 unspecified atom stereocenters. The molecule has 0 bridgehead atoms. The molecule has 164 valence electrons. The van der Waals surface area contributed by atoms with Crippen LogP contribution in [-0.4, -0.2) is 69.8 Å². The second kappa shape index (κ2) is 8.08. The fraction of sp³-hybridized carbons (Fsp3) is 0.667. The van der Waals surface area contributed by atoms with E-state index in [2.05, 4.69) is 20.3 Å². The van der Waals surface area contributed by atoms with Crippen molar-refractivity contribution in [3.8, 4) is 0 Å². The predicted molar refractivity (Wildman–Crippen MR) is 113 cm³/mol. The van der Waals surface area contributed by atoms with Crippen molar-refractivity contribution in [3.63, 3.8) is 0 Å². The summed E-state index contributed by atoms with van der Waals surface area (Å²) in [5.74, 6) is 0.370. The third-order valence-corrected chi connectivity index (χ3v) is 7.86. The standard InChI is InChI=1S/C18H27N7O4S/c1-23(2)30(28,29)24-9-7-12(8-10-24)20-18-19-11-14-15(22-18)25(13-5-3-4-6-13)17(27)16(26)21-14/h11-13H,3-10H2,1-2H3,(H,21,26)(H,19,20,22). The summed E-state index contributed by atoms with van der Waals surface area (Å²) in [7, 11) is -0.364. The second-order valence-corrected chi connectivity index (χ2v) is 10.2. The van der Waals surface area contributed by atoms with Gasteiger partial charge in [-0.15, -0.1) is 0 Å². The van der Waals surface area contributed by atoms with E-state index >= 15 is 0 Å². The third kappa shape index (κ3) is 3.86. The van der Waals surface area contributed by atoms with Gasteiger partial charge < -0.3 is 10.3 Å². The first-order chi connectivity index (χ1) is 14.3. The number of aromatic nitrogens is 4. The van der Waals surface area contributed by atoms with Gasteiger partial charge >= 0.3 is 11.1 Å². The maximum Gasteiger partial charge on any atom is 0.318 e. The molecule has 1 saturated carbocycles. The first-order valence-corrected chi connectivity index (χ1v) is 11.6. The molecule has 1 aliphatic carbocycles. The number of H-pyrrole nitrogens is 1. The van der Waals surface area contributed by atoms with Crippen molar-refractivity contribution in [2.45, 2.75) is 50.6 Å². The Balaban J connectivity index is 1.56. The fourth-order valence-corrected chi connectivity index (χ4v) is 5.38.